The third kappa shape index (κ3) is 7.32. The van der Waals surface area contributed by atoms with Crippen molar-refractivity contribution in [3.8, 4) is 0 Å². The molecule has 0 aliphatic carbocycles. The molecule has 0 saturated carbocycles. The molecule has 0 aromatic rings. The van der Waals surface area contributed by atoms with Gasteiger partial charge in [0, 0.05) is 6.92 Å². The minimum absolute atomic E-state index is 0.189. The predicted molar refractivity (Wildman–Crippen MR) is 49.8 cm³/mol. The lowest BCUT2D eigenvalue weighted by molar-refractivity contribution is -0.141. The summed E-state index contributed by atoms with van der Waals surface area (Å²) >= 11 is 0. The molecule has 2 heteroatoms. The van der Waals surface area contributed by atoms with E-state index in [0.29, 0.717) is 12.5 Å². The quantitative estimate of drug-likeness (QED) is 0.452. The van der Waals surface area contributed by atoms with Crippen LogP contribution in [0.5, 0.6) is 0 Å². The Kier molecular flexibility index (Phi) is 6.44. The molecule has 0 aliphatic heterocycles. The summed E-state index contributed by atoms with van der Waals surface area (Å²) in [6.45, 7) is 7.80. The average molecular weight is 170 g/mol. The Hall–Kier alpha value is -0.790. The second-order valence-electron chi connectivity index (χ2n) is 3.10. The number of hydrogen-bond acceptors (Lipinski definition) is 2. The van der Waals surface area contributed by atoms with Gasteiger partial charge in [-0.05, 0) is 25.2 Å². The molecule has 0 fully saturated rings. The average Bonchev–Trinajstić information content (AvgIpc) is 2.00. The molecule has 0 spiro atoms. The zero-order valence-electron chi connectivity index (χ0n) is 8.01. The highest BCUT2D eigenvalue weighted by molar-refractivity contribution is 5.65. The van der Waals surface area contributed by atoms with Crippen LogP contribution in [-0.4, -0.2) is 12.6 Å². The normalized spacial score (nSPS) is 12.2. The molecule has 0 amide bonds. The van der Waals surface area contributed by atoms with Gasteiger partial charge in [0.05, 0.1) is 6.61 Å². The molecule has 12 heavy (non-hydrogen) atoms. The summed E-state index contributed by atoms with van der Waals surface area (Å²) in [7, 11) is 0. The largest absolute Gasteiger partial charge is 0.466 e. The number of carbonyl (C=O) groups excluding carboxylic acids is 1. The van der Waals surface area contributed by atoms with Crippen LogP contribution >= 0.6 is 0 Å². The predicted octanol–water partition coefficient (Wildman–Crippen LogP) is 2.54. The fourth-order valence-corrected chi connectivity index (χ4v) is 0.951. The lowest BCUT2D eigenvalue weighted by Gasteiger charge is -2.08. The molecule has 0 heterocycles. The summed E-state index contributed by atoms with van der Waals surface area (Å²) in [5.41, 5.74) is 0. The van der Waals surface area contributed by atoms with Crippen LogP contribution in [0.3, 0.4) is 0 Å². The van der Waals surface area contributed by atoms with Crippen molar-refractivity contribution in [2.45, 2.75) is 33.1 Å². The van der Waals surface area contributed by atoms with E-state index in [1.54, 1.807) is 0 Å². The van der Waals surface area contributed by atoms with E-state index >= 15 is 0 Å². The smallest absolute Gasteiger partial charge is 0.302 e. The Bertz CT molecular complexity index is 141. The van der Waals surface area contributed by atoms with Gasteiger partial charge >= 0.3 is 5.97 Å². The second-order valence-corrected chi connectivity index (χ2v) is 3.10. The van der Waals surface area contributed by atoms with Crippen LogP contribution in [0.25, 0.3) is 0 Å². The van der Waals surface area contributed by atoms with Gasteiger partial charge in [0.15, 0.2) is 0 Å². The summed E-state index contributed by atoms with van der Waals surface area (Å²) < 4.78 is 4.83. The molecule has 0 N–H and O–H groups in total. The first-order valence-electron chi connectivity index (χ1n) is 4.41. The van der Waals surface area contributed by atoms with E-state index in [0.717, 1.165) is 19.3 Å². The van der Waals surface area contributed by atoms with Gasteiger partial charge in [0.1, 0.15) is 0 Å². The SMILES string of the molecule is C=CCCC(C)CCOC(C)=O. The molecule has 1 atom stereocenters. The Labute approximate surface area is 74.6 Å². The van der Waals surface area contributed by atoms with E-state index in [9.17, 15) is 4.79 Å². The van der Waals surface area contributed by atoms with Gasteiger partial charge in [-0.2, -0.15) is 0 Å². The lowest BCUT2D eigenvalue weighted by atomic mass is 10.0. The molecule has 0 bridgehead atoms. The Morgan fingerprint density at radius 2 is 2.25 bits per heavy atom. The summed E-state index contributed by atoms with van der Waals surface area (Å²) in [5, 5.41) is 0. The second kappa shape index (κ2) is 6.89. The molecule has 0 aromatic carbocycles. The topological polar surface area (TPSA) is 26.3 Å². The van der Waals surface area contributed by atoms with Gasteiger partial charge in [-0.25, -0.2) is 0 Å². The Balaban J connectivity index is 3.24. The van der Waals surface area contributed by atoms with Crippen molar-refractivity contribution in [1.82, 2.24) is 0 Å². The van der Waals surface area contributed by atoms with Crippen LogP contribution in [0, 0.1) is 5.92 Å². The first kappa shape index (κ1) is 11.2. The number of rotatable bonds is 6. The van der Waals surface area contributed by atoms with E-state index in [2.05, 4.69) is 13.5 Å². The molecular weight excluding hydrogens is 152 g/mol. The number of ether oxygens (including phenoxy) is 1. The van der Waals surface area contributed by atoms with E-state index in [-0.39, 0.29) is 5.97 Å². The van der Waals surface area contributed by atoms with Crippen molar-refractivity contribution in [2.24, 2.45) is 5.92 Å². The van der Waals surface area contributed by atoms with Crippen LogP contribution in [0.2, 0.25) is 0 Å². The van der Waals surface area contributed by atoms with Gasteiger partial charge in [0.2, 0.25) is 0 Å². The molecule has 70 valence electrons. The maximum atomic E-state index is 10.4. The molecule has 0 radical (unpaired) electrons. The van der Waals surface area contributed by atoms with Gasteiger partial charge in [-0.1, -0.05) is 13.0 Å². The number of allylic oxidation sites excluding steroid dienone is 1. The van der Waals surface area contributed by atoms with Crippen LogP contribution in [0.1, 0.15) is 33.1 Å². The van der Waals surface area contributed by atoms with E-state index in [1.165, 1.54) is 6.92 Å². The van der Waals surface area contributed by atoms with Gasteiger partial charge in [-0.15, -0.1) is 6.58 Å². The van der Waals surface area contributed by atoms with Crippen molar-refractivity contribution >= 4 is 5.97 Å². The fourth-order valence-electron chi connectivity index (χ4n) is 0.951. The minimum Gasteiger partial charge on any atom is -0.466 e. The highest BCUT2D eigenvalue weighted by Crippen LogP contribution is 2.10. The third-order valence-corrected chi connectivity index (χ3v) is 1.78. The Morgan fingerprint density at radius 3 is 2.75 bits per heavy atom. The van der Waals surface area contributed by atoms with Crippen LogP contribution < -0.4 is 0 Å². The highest BCUT2D eigenvalue weighted by atomic mass is 16.5. The van der Waals surface area contributed by atoms with Gasteiger partial charge in [-0.3, -0.25) is 4.79 Å². The minimum atomic E-state index is -0.189. The summed E-state index contributed by atoms with van der Waals surface area (Å²) in [6, 6.07) is 0. The number of hydrogen-bond donors (Lipinski definition) is 0. The summed E-state index contributed by atoms with van der Waals surface area (Å²) in [6.07, 6.45) is 5.04. The van der Waals surface area contributed by atoms with E-state index in [4.69, 9.17) is 4.74 Å². The fraction of sp³-hybridized carbons (Fsp3) is 0.700. The van der Waals surface area contributed by atoms with Crippen molar-refractivity contribution in [3.05, 3.63) is 12.7 Å². The first-order valence-corrected chi connectivity index (χ1v) is 4.41. The molecule has 0 aliphatic rings. The maximum absolute atomic E-state index is 10.4. The molecule has 0 rings (SSSR count). The number of carbonyl (C=O) groups is 1. The van der Waals surface area contributed by atoms with Crippen molar-refractivity contribution in [3.63, 3.8) is 0 Å². The van der Waals surface area contributed by atoms with E-state index < -0.39 is 0 Å². The van der Waals surface area contributed by atoms with E-state index in [1.807, 2.05) is 6.08 Å². The molecule has 1 unspecified atom stereocenters. The van der Waals surface area contributed by atoms with Crippen LogP contribution in [0.15, 0.2) is 12.7 Å². The molecule has 2 nitrogen and oxygen atoms in total. The molecular formula is C10H18O2. The molecule has 0 saturated heterocycles. The zero-order valence-corrected chi connectivity index (χ0v) is 8.01. The van der Waals surface area contributed by atoms with Crippen molar-refractivity contribution < 1.29 is 9.53 Å². The Morgan fingerprint density at radius 1 is 1.58 bits per heavy atom. The third-order valence-electron chi connectivity index (χ3n) is 1.78. The van der Waals surface area contributed by atoms with Crippen molar-refractivity contribution in [1.29, 1.82) is 0 Å². The van der Waals surface area contributed by atoms with Crippen LogP contribution in [0.4, 0.5) is 0 Å². The first-order chi connectivity index (χ1) is 5.66. The standard InChI is InChI=1S/C10H18O2/c1-4-5-6-9(2)7-8-12-10(3)11/h4,9H,1,5-8H2,2-3H3. The van der Waals surface area contributed by atoms with Crippen molar-refractivity contribution in [2.75, 3.05) is 6.61 Å². The summed E-state index contributed by atoms with van der Waals surface area (Å²) in [4.78, 5) is 10.4. The maximum Gasteiger partial charge on any atom is 0.302 e. The van der Waals surface area contributed by atoms with Gasteiger partial charge < -0.3 is 4.74 Å². The monoisotopic (exact) mass is 170 g/mol. The zero-order chi connectivity index (χ0) is 9.40. The lowest BCUT2D eigenvalue weighted by Crippen LogP contribution is -2.05. The highest BCUT2D eigenvalue weighted by Gasteiger charge is 2.01. The number of esters is 1. The van der Waals surface area contributed by atoms with Crippen LogP contribution in [-0.2, 0) is 9.53 Å². The molecule has 0 aromatic heterocycles. The summed E-state index contributed by atoms with van der Waals surface area (Å²) in [5.74, 6) is 0.424. The van der Waals surface area contributed by atoms with Gasteiger partial charge in [0.25, 0.3) is 0 Å².